The van der Waals surface area contributed by atoms with Gasteiger partial charge in [0.15, 0.2) is 11.5 Å². The number of hydrogen-bond acceptors (Lipinski definition) is 9. The molecule has 31 heavy (non-hydrogen) atoms. The number of rotatable bonds is 6. The third-order valence-electron chi connectivity index (χ3n) is 5.11. The lowest BCUT2D eigenvalue weighted by Crippen LogP contribution is -2.33. The van der Waals surface area contributed by atoms with Crippen LogP contribution in [0.1, 0.15) is 5.56 Å². The molecule has 11 nitrogen and oxygen atoms in total. The molecule has 0 bridgehead atoms. The standard InChI is InChI=1S/C20H17N3O8/c1-28-13-7-4-10(8-15(13)30-3)17-16-18(31-21-17)20(25)22(19(16)24)12-6-5-11(23(26)27)9-14(12)29-2/h4-9,16,18H,1-3H3/t16-,18-/m1/s1. The molecule has 0 spiro atoms. The van der Waals surface area contributed by atoms with Crippen molar-refractivity contribution < 1.29 is 33.6 Å². The van der Waals surface area contributed by atoms with E-state index < -0.39 is 28.8 Å². The Morgan fingerprint density at radius 3 is 2.32 bits per heavy atom. The van der Waals surface area contributed by atoms with Crippen LogP contribution < -0.4 is 19.1 Å². The van der Waals surface area contributed by atoms with Crippen LogP contribution in [0.3, 0.4) is 0 Å². The fourth-order valence-corrected chi connectivity index (χ4v) is 3.61. The Kier molecular flexibility index (Phi) is 4.93. The highest BCUT2D eigenvalue weighted by atomic mass is 16.7. The molecule has 2 aromatic rings. The molecule has 2 aliphatic heterocycles. The molecule has 0 unspecified atom stereocenters. The predicted molar refractivity (Wildman–Crippen MR) is 107 cm³/mol. The van der Waals surface area contributed by atoms with Crippen LogP contribution in [0.25, 0.3) is 0 Å². The molecule has 160 valence electrons. The van der Waals surface area contributed by atoms with Gasteiger partial charge in [-0.3, -0.25) is 19.7 Å². The number of nitrogens with zero attached hydrogens (tertiary/aromatic N) is 3. The van der Waals surface area contributed by atoms with Gasteiger partial charge in [-0.05, 0) is 24.3 Å². The van der Waals surface area contributed by atoms with Gasteiger partial charge in [-0.2, -0.15) is 0 Å². The number of imide groups is 1. The first-order valence-electron chi connectivity index (χ1n) is 9.07. The topological polar surface area (TPSA) is 130 Å². The molecule has 0 N–H and O–H groups in total. The average Bonchev–Trinajstić information content (AvgIpc) is 3.32. The summed E-state index contributed by atoms with van der Waals surface area (Å²) in [5.74, 6) is -1.26. The number of methoxy groups -OCH3 is 3. The van der Waals surface area contributed by atoms with Gasteiger partial charge in [0.2, 0.25) is 12.0 Å². The molecule has 1 fully saturated rings. The van der Waals surface area contributed by atoms with E-state index in [1.165, 1.54) is 33.5 Å². The third kappa shape index (κ3) is 3.10. The van der Waals surface area contributed by atoms with Crippen LogP contribution in [-0.4, -0.2) is 49.9 Å². The van der Waals surface area contributed by atoms with Crippen molar-refractivity contribution in [2.75, 3.05) is 26.2 Å². The molecule has 1 saturated heterocycles. The maximum absolute atomic E-state index is 13.2. The fraction of sp³-hybridized carbons (Fsp3) is 0.250. The molecule has 4 rings (SSSR count). The van der Waals surface area contributed by atoms with Gasteiger partial charge in [0.1, 0.15) is 17.4 Å². The van der Waals surface area contributed by atoms with Gasteiger partial charge in [-0.25, -0.2) is 4.90 Å². The number of amides is 2. The van der Waals surface area contributed by atoms with Gasteiger partial charge >= 0.3 is 0 Å². The molecule has 0 saturated carbocycles. The number of fused-ring (bicyclic) bond motifs is 1. The largest absolute Gasteiger partial charge is 0.494 e. The zero-order valence-corrected chi connectivity index (χ0v) is 16.7. The summed E-state index contributed by atoms with van der Waals surface area (Å²) >= 11 is 0. The van der Waals surface area contributed by atoms with Gasteiger partial charge in [0, 0.05) is 11.6 Å². The van der Waals surface area contributed by atoms with E-state index in [4.69, 9.17) is 19.0 Å². The van der Waals surface area contributed by atoms with Crippen LogP contribution in [0.4, 0.5) is 11.4 Å². The molecule has 0 aromatic heterocycles. The quantitative estimate of drug-likeness (QED) is 0.388. The number of ether oxygens (including phenoxy) is 3. The van der Waals surface area contributed by atoms with E-state index in [1.807, 2.05) is 0 Å². The third-order valence-corrected chi connectivity index (χ3v) is 5.11. The maximum atomic E-state index is 13.2. The Hall–Kier alpha value is -4.15. The zero-order chi connectivity index (χ0) is 22.3. The second-order valence-corrected chi connectivity index (χ2v) is 6.68. The molecular formula is C20H17N3O8. The maximum Gasteiger partial charge on any atom is 0.279 e. The summed E-state index contributed by atoms with van der Waals surface area (Å²) < 4.78 is 15.7. The van der Waals surface area contributed by atoms with Crippen molar-refractivity contribution in [2.24, 2.45) is 11.1 Å². The lowest BCUT2D eigenvalue weighted by molar-refractivity contribution is -0.384. The van der Waals surface area contributed by atoms with Crippen molar-refractivity contribution in [3.8, 4) is 17.2 Å². The second kappa shape index (κ2) is 7.59. The molecule has 2 aliphatic rings. The highest BCUT2D eigenvalue weighted by Gasteiger charge is 2.56. The number of nitro groups is 1. The molecule has 0 radical (unpaired) electrons. The lowest BCUT2D eigenvalue weighted by atomic mass is 9.94. The smallest absolute Gasteiger partial charge is 0.279 e. The van der Waals surface area contributed by atoms with Crippen molar-refractivity contribution in [1.29, 1.82) is 0 Å². The molecule has 11 heteroatoms. The van der Waals surface area contributed by atoms with Gasteiger partial charge in [0.25, 0.3) is 11.6 Å². The van der Waals surface area contributed by atoms with Crippen LogP contribution in [0.2, 0.25) is 0 Å². The van der Waals surface area contributed by atoms with E-state index >= 15 is 0 Å². The molecule has 2 atom stereocenters. The summed E-state index contributed by atoms with van der Waals surface area (Å²) in [4.78, 5) is 42.8. The minimum atomic E-state index is -1.14. The zero-order valence-electron chi connectivity index (χ0n) is 16.7. The normalized spacial score (nSPS) is 19.6. The lowest BCUT2D eigenvalue weighted by Gasteiger charge is -2.18. The number of oxime groups is 1. The van der Waals surface area contributed by atoms with E-state index in [-0.39, 0.29) is 22.8 Å². The number of carbonyl (C=O) groups excluding carboxylic acids is 2. The van der Waals surface area contributed by atoms with Crippen LogP contribution in [0, 0.1) is 16.0 Å². The van der Waals surface area contributed by atoms with Gasteiger partial charge in [0.05, 0.1) is 38.0 Å². The van der Waals surface area contributed by atoms with E-state index in [9.17, 15) is 19.7 Å². The molecule has 2 heterocycles. The number of benzene rings is 2. The SMILES string of the molecule is COc1ccc(C2=NO[C@H]3C(=O)N(c4ccc([N+](=O)[O-])cc4OC)C(=O)[C@H]23)cc1OC. The highest BCUT2D eigenvalue weighted by molar-refractivity contribution is 6.32. The summed E-state index contributed by atoms with van der Waals surface area (Å²) in [6, 6.07) is 8.60. The molecule has 2 aromatic carbocycles. The van der Waals surface area contributed by atoms with Crippen LogP contribution in [0.5, 0.6) is 17.2 Å². The number of nitro benzene ring substituents is 1. The summed E-state index contributed by atoms with van der Waals surface area (Å²) in [6.07, 6.45) is -1.14. The first-order chi connectivity index (χ1) is 14.9. The minimum absolute atomic E-state index is 0.0143. The average molecular weight is 427 g/mol. The van der Waals surface area contributed by atoms with Gasteiger partial charge in [-0.1, -0.05) is 5.16 Å². The monoisotopic (exact) mass is 427 g/mol. The first kappa shape index (κ1) is 20.1. The van der Waals surface area contributed by atoms with E-state index in [0.29, 0.717) is 17.1 Å². The van der Waals surface area contributed by atoms with Crippen molar-refractivity contribution in [3.63, 3.8) is 0 Å². The van der Waals surface area contributed by atoms with Crippen molar-refractivity contribution in [2.45, 2.75) is 6.10 Å². The number of carbonyl (C=O) groups is 2. The van der Waals surface area contributed by atoms with Crippen molar-refractivity contribution in [3.05, 3.63) is 52.1 Å². The number of non-ortho nitro benzene ring substituents is 1. The molecule has 0 aliphatic carbocycles. The Morgan fingerprint density at radius 1 is 0.968 bits per heavy atom. The fourth-order valence-electron chi connectivity index (χ4n) is 3.61. The van der Waals surface area contributed by atoms with Crippen molar-refractivity contribution >= 4 is 28.9 Å². The predicted octanol–water partition coefficient (Wildman–Crippen LogP) is 1.91. The Labute approximate surface area is 175 Å². The highest BCUT2D eigenvalue weighted by Crippen LogP contribution is 2.40. The first-order valence-corrected chi connectivity index (χ1v) is 9.07. The second-order valence-electron chi connectivity index (χ2n) is 6.68. The van der Waals surface area contributed by atoms with Gasteiger partial charge < -0.3 is 19.0 Å². The number of hydrogen-bond donors (Lipinski definition) is 0. The van der Waals surface area contributed by atoms with Crippen LogP contribution >= 0.6 is 0 Å². The van der Waals surface area contributed by atoms with E-state index in [1.54, 1.807) is 18.2 Å². The Morgan fingerprint density at radius 2 is 1.68 bits per heavy atom. The summed E-state index contributed by atoms with van der Waals surface area (Å²) in [5, 5.41) is 15.0. The summed E-state index contributed by atoms with van der Waals surface area (Å²) in [6.45, 7) is 0. The Balaban J connectivity index is 1.71. The minimum Gasteiger partial charge on any atom is -0.494 e. The van der Waals surface area contributed by atoms with E-state index in [2.05, 4.69) is 5.16 Å². The van der Waals surface area contributed by atoms with Crippen LogP contribution in [-0.2, 0) is 14.4 Å². The molecule has 2 amide bonds. The Bertz CT molecular complexity index is 1130. The van der Waals surface area contributed by atoms with Crippen molar-refractivity contribution in [1.82, 2.24) is 0 Å². The summed E-state index contributed by atoms with van der Waals surface area (Å²) in [5.41, 5.74) is 0.660. The van der Waals surface area contributed by atoms with Gasteiger partial charge in [-0.15, -0.1) is 0 Å². The van der Waals surface area contributed by atoms with E-state index in [0.717, 1.165) is 11.0 Å². The number of anilines is 1. The summed E-state index contributed by atoms with van der Waals surface area (Å²) in [7, 11) is 4.27. The molecular weight excluding hydrogens is 410 g/mol. The van der Waals surface area contributed by atoms with Crippen LogP contribution in [0.15, 0.2) is 41.6 Å².